The first-order valence-electron chi connectivity index (χ1n) is 11.4. The van der Waals surface area contributed by atoms with Crippen LogP contribution in [0.5, 0.6) is 5.75 Å². The number of aryl methyl sites for hydroxylation is 1. The lowest BCUT2D eigenvalue weighted by Crippen LogP contribution is -2.43. The number of ether oxygens (including phenoxy) is 2. The number of carbonyl (C=O) groups excluding carboxylic acids is 1. The molecule has 0 aliphatic rings. The van der Waals surface area contributed by atoms with Crippen molar-refractivity contribution < 1.29 is 19.2 Å². The first-order valence-corrected chi connectivity index (χ1v) is 11.8. The number of anilines is 1. The highest BCUT2D eigenvalue weighted by Gasteiger charge is 2.34. The number of nitrogens with zero attached hydrogens (tertiary/aromatic N) is 5. The van der Waals surface area contributed by atoms with E-state index in [0.29, 0.717) is 24.3 Å². The Hall–Kier alpha value is -3.79. The zero-order chi connectivity index (χ0) is 26.2. The Morgan fingerprint density at radius 3 is 2.56 bits per heavy atom. The van der Waals surface area contributed by atoms with Gasteiger partial charge in [0.2, 0.25) is 11.1 Å². The van der Waals surface area contributed by atoms with Crippen LogP contribution in [-0.2, 0) is 22.7 Å². The molecular weight excluding hydrogens is 486 g/mol. The Balaban J connectivity index is 2.07. The van der Waals surface area contributed by atoms with Crippen molar-refractivity contribution in [2.24, 2.45) is 0 Å². The van der Waals surface area contributed by atoms with Crippen molar-refractivity contribution in [3.63, 3.8) is 0 Å². The number of hydrogen-bond acceptors (Lipinski definition) is 9. The lowest BCUT2D eigenvalue weighted by Gasteiger charge is -2.31. The largest absolute Gasteiger partial charge is 0.496 e. The normalized spacial score (nSPS) is 11.6. The number of methoxy groups -OCH3 is 1. The van der Waals surface area contributed by atoms with Crippen molar-refractivity contribution >= 4 is 29.1 Å². The first kappa shape index (κ1) is 26.8. The summed E-state index contributed by atoms with van der Waals surface area (Å²) in [7, 11) is 1.56. The summed E-state index contributed by atoms with van der Waals surface area (Å²) in [4.78, 5) is 38.6. The molecule has 0 aliphatic carbocycles. The van der Waals surface area contributed by atoms with Gasteiger partial charge in [-0.25, -0.2) is 9.78 Å². The van der Waals surface area contributed by atoms with Gasteiger partial charge in [-0.3, -0.25) is 15.1 Å². The van der Waals surface area contributed by atoms with Crippen molar-refractivity contribution in [1.29, 1.82) is 0 Å². The topological polar surface area (TPSA) is 121 Å². The van der Waals surface area contributed by atoms with E-state index in [1.165, 1.54) is 4.90 Å². The summed E-state index contributed by atoms with van der Waals surface area (Å²) in [6, 6.07) is 8.38. The molecule has 36 heavy (non-hydrogen) atoms. The van der Waals surface area contributed by atoms with Gasteiger partial charge in [0.1, 0.15) is 24.6 Å². The van der Waals surface area contributed by atoms with Crippen LogP contribution in [-0.4, -0.2) is 39.0 Å². The van der Waals surface area contributed by atoms with Gasteiger partial charge in [0.05, 0.1) is 24.3 Å². The summed E-state index contributed by atoms with van der Waals surface area (Å²) < 4.78 is 11.2. The van der Waals surface area contributed by atoms with Gasteiger partial charge in [0.25, 0.3) is 0 Å². The Kier molecular flexibility index (Phi) is 9.13. The van der Waals surface area contributed by atoms with Gasteiger partial charge in [0.15, 0.2) is 0 Å². The monoisotopic (exact) mass is 513 g/mol. The second kappa shape index (κ2) is 12.3. The van der Waals surface area contributed by atoms with Crippen LogP contribution in [0.15, 0.2) is 42.7 Å². The molecule has 11 heteroatoms. The first-order chi connectivity index (χ1) is 17.3. The molecule has 0 N–H and O–H groups in total. The van der Waals surface area contributed by atoms with E-state index in [0.717, 1.165) is 22.9 Å². The Bertz CT molecular complexity index is 1220. The zero-order valence-electron chi connectivity index (χ0n) is 20.6. The summed E-state index contributed by atoms with van der Waals surface area (Å²) in [6.07, 6.45) is 3.65. The molecule has 0 bridgehead atoms. The summed E-state index contributed by atoms with van der Waals surface area (Å²) >= 11 is 6.05. The fourth-order valence-electron chi connectivity index (χ4n) is 3.91. The molecule has 0 spiro atoms. The third kappa shape index (κ3) is 6.25. The number of esters is 1. The van der Waals surface area contributed by atoms with Gasteiger partial charge in [-0.05, 0) is 37.4 Å². The van der Waals surface area contributed by atoms with Gasteiger partial charge in [0, 0.05) is 17.3 Å². The molecule has 0 saturated heterocycles. The number of benzene rings is 1. The van der Waals surface area contributed by atoms with Crippen LogP contribution < -0.4 is 9.64 Å². The number of halogens is 1. The molecule has 3 rings (SSSR count). The van der Waals surface area contributed by atoms with Crippen LogP contribution in [0.3, 0.4) is 0 Å². The fourth-order valence-corrected chi connectivity index (χ4v) is 4.04. The highest BCUT2D eigenvalue weighted by atomic mass is 35.5. The van der Waals surface area contributed by atoms with Crippen LogP contribution in [0, 0.1) is 24.0 Å². The molecule has 0 radical (unpaired) electrons. The summed E-state index contributed by atoms with van der Waals surface area (Å²) in [5, 5.41) is 11.7. The number of rotatable bonds is 11. The minimum atomic E-state index is -0.892. The van der Waals surface area contributed by atoms with E-state index in [2.05, 4.69) is 15.0 Å². The number of hydrogen-bond donors (Lipinski definition) is 0. The quantitative estimate of drug-likeness (QED) is 0.151. The Morgan fingerprint density at radius 2 is 1.92 bits per heavy atom. The maximum Gasteiger partial charge on any atom is 0.329 e. The predicted molar refractivity (Wildman–Crippen MR) is 135 cm³/mol. The number of carbonyl (C=O) groups is 1. The van der Waals surface area contributed by atoms with Crippen molar-refractivity contribution in [3.05, 3.63) is 80.5 Å². The molecular formula is C25H28ClN5O5. The molecule has 2 aromatic heterocycles. The van der Waals surface area contributed by atoms with E-state index >= 15 is 0 Å². The van der Waals surface area contributed by atoms with Crippen LogP contribution >= 0.6 is 11.6 Å². The van der Waals surface area contributed by atoms with E-state index < -0.39 is 16.9 Å². The molecule has 190 valence electrons. The molecule has 1 aromatic carbocycles. The lowest BCUT2D eigenvalue weighted by molar-refractivity contribution is -0.384. The SMILES string of the molecule is CCC[C@H](C(=O)OCc1ccccc1)N(Cc1ncc(C)c(OC)c1C)c1nc(Cl)ncc1[N+](=O)[O-]. The number of nitro groups is 1. The third-order valence-electron chi connectivity index (χ3n) is 5.69. The van der Waals surface area contributed by atoms with Crippen molar-refractivity contribution in [2.75, 3.05) is 12.0 Å². The van der Waals surface area contributed by atoms with E-state index in [1.54, 1.807) is 13.3 Å². The standard InChI is InChI=1S/C25H28ClN5O5/c1-5-9-20(24(32)36-15-18-10-7-6-8-11-18)30(23-21(31(33)34)13-28-25(26)29-23)14-19-17(3)22(35-4)16(2)12-27-19/h6-8,10-13,20H,5,9,14-15H2,1-4H3/t20-/m1/s1. The lowest BCUT2D eigenvalue weighted by atomic mass is 10.1. The van der Waals surface area contributed by atoms with Crippen molar-refractivity contribution in [1.82, 2.24) is 15.0 Å². The van der Waals surface area contributed by atoms with Crippen LogP contribution in [0.25, 0.3) is 0 Å². The van der Waals surface area contributed by atoms with Gasteiger partial charge in [-0.1, -0.05) is 43.7 Å². The summed E-state index contributed by atoms with van der Waals surface area (Å²) in [6.45, 7) is 5.72. The second-order valence-corrected chi connectivity index (χ2v) is 8.51. The molecule has 0 unspecified atom stereocenters. The molecule has 0 saturated carbocycles. The van der Waals surface area contributed by atoms with Crippen molar-refractivity contribution in [2.45, 2.75) is 52.8 Å². The van der Waals surface area contributed by atoms with Gasteiger partial charge in [-0.2, -0.15) is 4.98 Å². The minimum Gasteiger partial charge on any atom is -0.496 e. The Labute approximate surface area is 214 Å². The highest BCUT2D eigenvalue weighted by molar-refractivity contribution is 6.28. The molecule has 2 heterocycles. The second-order valence-electron chi connectivity index (χ2n) is 8.18. The van der Waals surface area contributed by atoms with Crippen LogP contribution in [0.2, 0.25) is 5.28 Å². The van der Waals surface area contributed by atoms with E-state index in [4.69, 9.17) is 21.1 Å². The summed E-state index contributed by atoms with van der Waals surface area (Å²) in [5.41, 5.74) is 2.60. The zero-order valence-corrected chi connectivity index (χ0v) is 21.4. The van der Waals surface area contributed by atoms with Gasteiger partial charge in [-0.15, -0.1) is 0 Å². The molecule has 0 fully saturated rings. The maximum absolute atomic E-state index is 13.4. The van der Waals surface area contributed by atoms with E-state index in [9.17, 15) is 14.9 Å². The molecule has 3 aromatic rings. The maximum atomic E-state index is 13.4. The Morgan fingerprint density at radius 1 is 1.19 bits per heavy atom. The molecule has 0 aliphatic heterocycles. The fraction of sp³-hybridized carbons (Fsp3) is 0.360. The highest BCUT2D eigenvalue weighted by Crippen LogP contribution is 2.33. The van der Waals surface area contributed by atoms with E-state index in [-0.39, 0.29) is 29.9 Å². The number of aromatic nitrogens is 3. The average Bonchev–Trinajstić information content (AvgIpc) is 2.86. The minimum absolute atomic E-state index is 0.0295. The third-order valence-corrected chi connectivity index (χ3v) is 5.88. The van der Waals surface area contributed by atoms with Gasteiger partial charge < -0.3 is 14.4 Å². The van der Waals surface area contributed by atoms with E-state index in [1.807, 2.05) is 51.1 Å². The molecule has 10 nitrogen and oxygen atoms in total. The summed E-state index contributed by atoms with van der Waals surface area (Å²) in [5.74, 6) is 0.0196. The molecule has 0 amide bonds. The molecule has 1 atom stereocenters. The van der Waals surface area contributed by atoms with Crippen molar-refractivity contribution in [3.8, 4) is 5.75 Å². The average molecular weight is 514 g/mol. The predicted octanol–water partition coefficient (Wildman–Crippen LogP) is 4.98. The smallest absolute Gasteiger partial charge is 0.329 e. The van der Waals surface area contributed by atoms with Gasteiger partial charge >= 0.3 is 11.7 Å². The van der Waals surface area contributed by atoms with Crippen LogP contribution in [0.4, 0.5) is 11.5 Å². The number of pyridine rings is 1. The van der Waals surface area contributed by atoms with Crippen LogP contribution in [0.1, 0.15) is 42.1 Å².